The van der Waals surface area contributed by atoms with Gasteiger partial charge in [0.15, 0.2) is 0 Å². The van der Waals surface area contributed by atoms with Crippen LogP contribution < -0.4 is 15.4 Å². The zero-order valence-corrected chi connectivity index (χ0v) is 18.1. The Balaban J connectivity index is 1.95. The second kappa shape index (κ2) is 10.9. The number of halogens is 1. The number of nitrogens with one attached hydrogen (secondary N) is 3. The van der Waals surface area contributed by atoms with Crippen molar-refractivity contribution >= 4 is 39.1 Å². The summed E-state index contributed by atoms with van der Waals surface area (Å²) in [5.74, 6) is -1.78. The maximum atomic E-state index is 12.3. The Morgan fingerprint density at radius 3 is 2.27 bits per heavy atom. The SMILES string of the molecule is C=CCNS(=O)(=O)Cc1ccc(NC(=O)C(=O)N[C@H](CC)c2ccc(Cl)cc2)cc1. The molecule has 0 aromatic heterocycles. The number of hydrogen-bond acceptors (Lipinski definition) is 4. The van der Waals surface area contributed by atoms with Crippen molar-refractivity contribution in [2.45, 2.75) is 25.1 Å². The lowest BCUT2D eigenvalue weighted by molar-refractivity contribution is -0.136. The molecule has 7 nitrogen and oxygen atoms in total. The Hall–Kier alpha value is -2.68. The summed E-state index contributed by atoms with van der Waals surface area (Å²) in [6.07, 6.45) is 2.06. The first kappa shape index (κ1) is 23.6. The topological polar surface area (TPSA) is 104 Å². The van der Waals surface area contributed by atoms with Gasteiger partial charge in [0, 0.05) is 17.3 Å². The van der Waals surface area contributed by atoms with Crippen LogP contribution in [0.15, 0.2) is 61.2 Å². The number of rotatable bonds is 9. The minimum Gasteiger partial charge on any atom is -0.341 e. The van der Waals surface area contributed by atoms with Gasteiger partial charge in [0.2, 0.25) is 10.0 Å². The molecule has 0 unspecified atom stereocenters. The van der Waals surface area contributed by atoms with Crippen molar-refractivity contribution in [3.63, 3.8) is 0 Å². The summed E-state index contributed by atoms with van der Waals surface area (Å²) in [6, 6.07) is 12.9. The monoisotopic (exact) mass is 449 g/mol. The van der Waals surface area contributed by atoms with Gasteiger partial charge in [-0.2, -0.15) is 0 Å². The number of sulfonamides is 1. The van der Waals surface area contributed by atoms with Gasteiger partial charge in [-0.3, -0.25) is 9.59 Å². The first-order valence-corrected chi connectivity index (χ1v) is 11.3. The predicted molar refractivity (Wildman–Crippen MR) is 119 cm³/mol. The van der Waals surface area contributed by atoms with Crippen molar-refractivity contribution in [3.8, 4) is 0 Å². The van der Waals surface area contributed by atoms with Gasteiger partial charge in [-0.15, -0.1) is 6.58 Å². The highest BCUT2D eigenvalue weighted by Crippen LogP contribution is 2.19. The van der Waals surface area contributed by atoms with Crippen LogP contribution in [0, 0.1) is 0 Å². The average molecular weight is 450 g/mol. The molecule has 2 aromatic rings. The van der Waals surface area contributed by atoms with E-state index in [1.54, 1.807) is 48.5 Å². The summed E-state index contributed by atoms with van der Waals surface area (Å²) in [4.78, 5) is 24.5. The van der Waals surface area contributed by atoms with Crippen molar-refractivity contribution in [2.75, 3.05) is 11.9 Å². The molecule has 2 amide bonds. The van der Waals surface area contributed by atoms with E-state index in [1.165, 1.54) is 6.08 Å². The Labute approximate surface area is 181 Å². The van der Waals surface area contributed by atoms with E-state index < -0.39 is 21.8 Å². The van der Waals surface area contributed by atoms with Gasteiger partial charge in [-0.05, 0) is 41.8 Å². The summed E-state index contributed by atoms with van der Waals surface area (Å²) < 4.78 is 26.2. The third kappa shape index (κ3) is 7.29. The van der Waals surface area contributed by atoms with Gasteiger partial charge in [0.25, 0.3) is 0 Å². The zero-order chi connectivity index (χ0) is 22.1. The highest BCUT2D eigenvalue weighted by Gasteiger charge is 2.19. The molecule has 3 N–H and O–H groups in total. The molecule has 0 bridgehead atoms. The van der Waals surface area contributed by atoms with E-state index in [0.29, 0.717) is 22.7 Å². The van der Waals surface area contributed by atoms with Crippen LogP contribution in [0.3, 0.4) is 0 Å². The van der Waals surface area contributed by atoms with Crippen molar-refractivity contribution in [3.05, 3.63) is 77.3 Å². The fourth-order valence-electron chi connectivity index (χ4n) is 2.67. The van der Waals surface area contributed by atoms with Crippen LogP contribution >= 0.6 is 11.6 Å². The molecule has 2 aromatic carbocycles. The molecule has 1 atom stereocenters. The van der Waals surface area contributed by atoms with Crippen molar-refractivity contribution in [2.24, 2.45) is 0 Å². The molecule has 0 fully saturated rings. The Kier molecular flexibility index (Phi) is 8.58. The van der Waals surface area contributed by atoms with E-state index >= 15 is 0 Å². The van der Waals surface area contributed by atoms with Crippen LogP contribution in [0.25, 0.3) is 0 Å². The summed E-state index contributed by atoms with van der Waals surface area (Å²) in [5.41, 5.74) is 1.77. The zero-order valence-electron chi connectivity index (χ0n) is 16.5. The summed E-state index contributed by atoms with van der Waals surface area (Å²) in [5, 5.41) is 5.79. The molecule has 0 aliphatic heterocycles. The van der Waals surface area contributed by atoms with E-state index in [0.717, 1.165) is 5.56 Å². The largest absolute Gasteiger partial charge is 0.341 e. The van der Waals surface area contributed by atoms with E-state index in [2.05, 4.69) is 21.9 Å². The minimum absolute atomic E-state index is 0.153. The van der Waals surface area contributed by atoms with Crippen LogP contribution in [-0.2, 0) is 25.4 Å². The van der Waals surface area contributed by atoms with E-state index in [1.807, 2.05) is 6.92 Å². The number of carbonyl (C=O) groups is 2. The summed E-state index contributed by atoms with van der Waals surface area (Å²) in [6.45, 7) is 5.51. The van der Waals surface area contributed by atoms with Crippen molar-refractivity contribution in [1.29, 1.82) is 0 Å². The first-order chi connectivity index (χ1) is 14.2. The lowest BCUT2D eigenvalue weighted by Crippen LogP contribution is -2.37. The van der Waals surface area contributed by atoms with E-state index in [4.69, 9.17) is 11.6 Å². The molecule has 0 aliphatic carbocycles. The van der Waals surface area contributed by atoms with Crippen LogP contribution in [0.1, 0.15) is 30.5 Å². The molecule has 0 saturated carbocycles. The van der Waals surface area contributed by atoms with Gasteiger partial charge in [-0.25, -0.2) is 13.1 Å². The number of carbonyl (C=O) groups excluding carboxylic acids is 2. The second-order valence-corrected chi connectivity index (χ2v) is 8.78. The fourth-order valence-corrected chi connectivity index (χ4v) is 3.90. The predicted octanol–water partition coefficient (Wildman–Crippen LogP) is 3.15. The normalized spacial score (nSPS) is 12.1. The molecule has 0 aliphatic rings. The molecule has 0 saturated heterocycles. The maximum absolute atomic E-state index is 12.3. The van der Waals surface area contributed by atoms with Gasteiger partial charge in [0.1, 0.15) is 0 Å². The third-order valence-corrected chi connectivity index (χ3v) is 5.78. The molecule has 2 rings (SSSR count). The lowest BCUT2D eigenvalue weighted by atomic mass is 10.0. The third-order valence-electron chi connectivity index (χ3n) is 4.21. The van der Waals surface area contributed by atoms with Crippen LogP contribution in [0.4, 0.5) is 5.69 Å². The standard InChI is InChI=1S/C21H24ClN3O4S/c1-3-13-23-30(28,29)14-15-5-11-18(12-6-15)24-20(26)21(27)25-19(4-2)16-7-9-17(22)10-8-16/h3,5-12,19,23H,1,4,13-14H2,2H3,(H,24,26)(H,25,27)/t19-/m1/s1. The number of anilines is 1. The smallest absolute Gasteiger partial charge is 0.313 e. The lowest BCUT2D eigenvalue weighted by Gasteiger charge is -2.17. The molecule has 0 radical (unpaired) electrons. The summed E-state index contributed by atoms with van der Waals surface area (Å²) in [7, 11) is -3.47. The molecule has 160 valence electrons. The van der Waals surface area contributed by atoms with Gasteiger partial charge in [0.05, 0.1) is 11.8 Å². The minimum atomic E-state index is -3.47. The number of benzene rings is 2. The average Bonchev–Trinajstić information content (AvgIpc) is 2.72. The number of hydrogen-bond donors (Lipinski definition) is 3. The van der Waals surface area contributed by atoms with E-state index in [-0.39, 0.29) is 18.3 Å². The van der Waals surface area contributed by atoms with Gasteiger partial charge < -0.3 is 10.6 Å². The Morgan fingerprint density at radius 1 is 1.07 bits per heavy atom. The molecule has 0 spiro atoms. The van der Waals surface area contributed by atoms with Gasteiger partial charge >= 0.3 is 11.8 Å². The summed E-state index contributed by atoms with van der Waals surface area (Å²) >= 11 is 5.88. The molecular weight excluding hydrogens is 426 g/mol. The Morgan fingerprint density at radius 2 is 1.70 bits per heavy atom. The molecule has 0 heterocycles. The van der Waals surface area contributed by atoms with Gasteiger partial charge in [-0.1, -0.05) is 48.9 Å². The quantitative estimate of drug-likeness (QED) is 0.404. The van der Waals surface area contributed by atoms with Crippen molar-refractivity contribution < 1.29 is 18.0 Å². The second-order valence-electron chi connectivity index (χ2n) is 6.53. The maximum Gasteiger partial charge on any atom is 0.313 e. The molecular formula is C21H24ClN3O4S. The van der Waals surface area contributed by atoms with Crippen LogP contribution in [0.5, 0.6) is 0 Å². The Bertz CT molecular complexity index is 990. The van der Waals surface area contributed by atoms with Crippen LogP contribution in [-0.4, -0.2) is 26.8 Å². The molecule has 30 heavy (non-hydrogen) atoms. The fraction of sp³-hybridized carbons (Fsp3) is 0.238. The highest BCUT2D eigenvalue weighted by molar-refractivity contribution is 7.88. The first-order valence-electron chi connectivity index (χ1n) is 9.28. The molecule has 9 heteroatoms. The van der Waals surface area contributed by atoms with Crippen LogP contribution in [0.2, 0.25) is 5.02 Å². The van der Waals surface area contributed by atoms with E-state index in [9.17, 15) is 18.0 Å². The highest BCUT2D eigenvalue weighted by atomic mass is 35.5. The van der Waals surface area contributed by atoms with Crippen molar-refractivity contribution in [1.82, 2.24) is 10.0 Å². The number of amides is 2.